The summed E-state index contributed by atoms with van der Waals surface area (Å²) in [7, 11) is 0. The fourth-order valence-corrected chi connectivity index (χ4v) is 3.27. The predicted octanol–water partition coefficient (Wildman–Crippen LogP) is 2.12. The minimum Gasteiger partial charge on any atom is -0.381 e. The molecule has 0 aromatic carbocycles. The Bertz CT molecular complexity index is 239. The molecule has 2 fully saturated rings. The zero-order valence-electron chi connectivity index (χ0n) is 12.3. The van der Waals surface area contributed by atoms with Crippen LogP contribution in [0, 0.1) is 11.8 Å². The minimum absolute atomic E-state index is 0.612. The maximum Gasteiger partial charge on any atom is 0.0509 e. The van der Waals surface area contributed by atoms with E-state index in [-0.39, 0.29) is 0 Å². The summed E-state index contributed by atoms with van der Waals surface area (Å²) in [6.07, 6.45) is 4.01. The summed E-state index contributed by atoms with van der Waals surface area (Å²) < 4.78 is 5.54. The molecule has 18 heavy (non-hydrogen) atoms. The van der Waals surface area contributed by atoms with E-state index >= 15 is 0 Å². The number of likely N-dealkylation sites (tertiary alicyclic amines) is 1. The molecule has 2 heterocycles. The highest BCUT2D eigenvalue weighted by Crippen LogP contribution is 2.25. The van der Waals surface area contributed by atoms with Crippen LogP contribution < -0.4 is 5.32 Å². The molecule has 0 aromatic heterocycles. The molecule has 0 aromatic rings. The van der Waals surface area contributed by atoms with Gasteiger partial charge in [-0.2, -0.15) is 0 Å². The topological polar surface area (TPSA) is 24.5 Å². The van der Waals surface area contributed by atoms with Crippen LogP contribution in [0.5, 0.6) is 0 Å². The van der Waals surface area contributed by atoms with Gasteiger partial charge in [0, 0.05) is 25.2 Å². The average molecular weight is 254 g/mol. The Morgan fingerprint density at radius 2 is 2.11 bits per heavy atom. The Hall–Kier alpha value is -0.120. The molecule has 2 aliphatic rings. The van der Waals surface area contributed by atoms with Crippen molar-refractivity contribution in [1.29, 1.82) is 0 Å². The van der Waals surface area contributed by atoms with E-state index in [0.717, 1.165) is 25.0 Å². The summed E-state index contributed by atoms with van der Waals surface area (Å²) in [5, 5.41) is 3.59. The number of nitrogens with zero attached hydrogens (tertiary/aromatic N) is 1. The number of piperidine rings is 1. The highest BCUT2D eigenvalue weighted by atomic mass is 16.5. The van der Waals surface area contributed by atoms with Gasteiger partial charge in [0.2, 0.25) is 0 Å². The smallest absolute Gasteiger partial charge is 0.0509 e. The van der Waals surface area contributed by atoms with E-state index in [1.165, 1.54) is 38.9 Å². The fraction of sp³-hybridized carbons (Fsp3) is 1.00. The van der Waals surface area contributed by atoms with E-state index in [1.54, 1.807) is 0 Å². The molecule has 3 heteroatoms. The van der Waals surface area contributed by atoms with Crippen molar-refractivity contribution in [1.82, 2.24) is 10.2 Å². The lowest BCUT2D eigenvalue weighted by Crippen LogP contribution is -2.47. The van der Waals surface area contributed by atoms with Gasteiger partial charge in [-0.3, -0.25) is 4.90 Å². The second-order valence-corrected chi connectivity index (χ2v) is 6.43. The minimum atomic E-state index is 0.612. The van der Waals surface area contributed by atoms with Crippen molar-refractivity contribution in [2.45, 2.75) is 52.1 Å². The molecule has 3 unspecified atom stereocenters. The molecule has 3 nitrogen and oxygen atoms in total. The molecule has 3 atom stereocenters. The summed E-state index contributed by atoms with van der Waals surface area (Å²) in [6, 6.07) is 1.32. The molecule has 0 bridgehead atoms. The van der Waals surface area contributed by atoms with Crippen molar-refractivity contribution < 1.29 is 4.74 Å². The first kappa shape index (κ1) is 14.3. The van der Waals surface area contributed by atoms with E-state index in [1.807, 2.05) is 0 Å². The molecule has 0 spiro atoms. The van der Waals surface area contributed by atoms with Crippen LogP contribution in [0.4, 0.5) is 0 Å². The van der Waals surface area contributed by atoms with Crippen molar-refractivity contribution in [3.05, 3.63) is 0 Å². The molecule has 106 valence electrons. The average Bonchev–Trinajstić information content (AvgIpc) is 2.89. The molecule has 2 aliphatic heterocycles. The van der Waals surface area contributed by atoms with Gasteiger partial charge >= 0.3 is 0 Å². The first-order valence-electron chi connectivity index (χ1n) is 7.72. The van der Waals surface area contributed by atoms with E-state index < -0.39 is 0 Å². The van der Waals surface area contributed by atoms with Crippen LogP contribution in [-0.4, -0.2) is 49.8 Å². The number of rotatable bonds is 5. The zero-order chi connectivity index (χ0) is 13.0. The molecule has 1 N–H and O–H groups in total. The monoisotopic (exact) mass is 254 g/mol. The first-order chi connectivity index (χ1) is 8.66. The highest BCUT2D eigenvalue weighted by molar-refractivity contribution is 4.83. The van der Waals surface area contributed by atoms with Crippen LogP contribution in [0.1, 0.15) is 40.0 Å². The van der Waals surface area contributed by atoms with Gasteiger partial charge in [0.1, 0.15) is 0 Å². The number of ether oxygens (including phenoxy) is 1. The summed E-state index contributed by atoms with van der Waals surface area (Å²) in [6.45, 7) is 12.6. The van der Waals surface area contributed by atoms with Crippen molar-refractivity contribution in [2.75, 3.05) is 32.8 Å². The fourth-order valence-electron chi connectivity index (χ4n) is 3.27. The number of nitrogens with one attached hydrogen (secondary N) is 1. The molecule has 0 amide bonds. The van der Waals surface area contributed by atoms with Crippen molar-refractivity contribution in [3.63, 3.8) is 0 Å². The van der Waals surface area contributed by atoms with Gasteiger partial charge in [-0.05, 0) is 51.1 Å². The van der Waals surface area contributed by atoms with Gasteiger partial charge in [0.25, 0.3) is 0 Å². The Morgan fingerprint density at radius 1 is 1.28 bits per heavy atom. The quantitative estimate of drug-likeness (QED) is 0.813. The summed E-state index contributed by atoms with van der Waals surface area (Å²) in [5.74, 6) is 1.60. The Kier molecular flexibility index (Phi) is 5.46. The van der Waals surface area contributed by atoms with Crippen molar-refractivity contribution in [2.24, 2.45) is 11.8 Å². The second kappa shape index (κ2) is 6.88. The van der Waals surface area contributed by atoms with E-state index in [9.17, 15) is 0 Å². The number of hydrogen-bond acceptors (Lipinski definition) is 3. The summed E-state index contributed by atoms with van der Waals surface area (Å²) >= 11 is 0. The molecule has 2 rings (SSSR count). The lowest BCUT2D eigenvalue weighted by Gasteiger charge is -2.39. The number of hydrogen-bond donors (Lipinski definition) is 1. The van der Waals surface area contributed by atoms with Crippen molar-refractivity contribution in [3.8, 4) is 0 Å². The third-order valence-electron chi connectivity index (χ3n) is 4.59. The van der Waals surface area contributed by atoms with Crippen LogP contribution >= 0.6 is 0 Å². The van der Waals surface area contributed by atoms with Gasteiger partial charge in [-0.15, -0.1) is 0 Å². The normalized spacial score (nSPS) is 32.0. The van der Waals surface area contributed by atoms with Gasteiger partial charge in [0.15, 0.2) is 0 Å². The second-order valence-electron chi connectivity index (χ2n) is 6.43. The first-order valence-corrected chi connectivity index (χ1v) is 7.72. The van der Waals surface area contributed by atoms with Crippen LogP contribution in [0.15, 0.2) is 0 Å². The molecule has 0 radical (unpaired) electrons. The third kappa shape index (κ3) is 3.94. The lowest BCUT2D eigenvalue weighted by atomic mass is 9.92. The van der Waals surface area contributed by atoms with E-state index in [4.69, 9.17) is 4.74 Å². The third-order valence-corrected chi connectivity index (χ3v) is 4.59. The van der Waals surface area contributed by atoms with Crippen LogP contribution in [0.2, 0.25) is 0 Å². The Morgan fingerprint density at radius 3 is 2.78 bits per heavy atom. The maximum atomic E-state index is 5.54. The molecular formula is C15H30N2O. The lowest BCUT2D eigenvalue weighted by molar-refractivity contribution is 0.0860. The van der Waals surface area contributed by atoms with Gasteiger partial charge in [0.05, 0.1) is 6.61 Å². The van der Waals surface area contributed by atoms with Crippen molar-refractivity contribution >= 4 is 0 Å². The largest absolute Gasteiger partial charge is 0.381 e. The Balaban J connectivity index is 1.78. The molecule has 0 saturated carbocycles. The van der Waals surface area contributed by atoms with Gasteiger partial charge < -0.3 is 10.1 Å². The highest BCUT2D eigenvalue weighted by Gasteiger charge is 2.30. The van der Waals surface area contributed by atoms with Crippen LogP contribution in [0.25, 0.3) is 0 Å². The van der Waals surface area contributed by atoms with E-state index in [0.29, 0.717) is 12.1 Å². The SMILES string of the molecule is CC(C)NCC1CCCN(C(C)C2CCOC2)C1. The van der Waals surface area contributed by atoms with Crippen LogP contribution in [0.3, 0.4) is 0 Å². The van der Waals surface area contributed by atoms with E-state index in [2.05, 4.69) is 31.0 Å². The standard InChI is InChI=1S/C15H30N2O/c1-12(2)16-9-14-5-4-7-17(10-14)13(3)15-6-8-18-11-15/h12-16H,4-11H2,1-3H3. The summed E-state index contributed by atoms with van der Waals surface area (Å²) in [4.78, 5) is 2.70. The molecule has 2 saturated heterocycles. The van der Waals surface area contributed by atoms with Gasteiger partial charge in [-0.25, -0.2) is 0 Å². The summed E-state index contributed by atoms with van der Waals surface area (Å²) in [5.41, 5.74) is 0. The zero-order valence-corrected chi connectivity index (χ0v) is 12.3. The maximum absolute atomic E-state index is 5.54. The predicted molar refractivity (Wildman–Crippen MR) is 75.8 cm³/mol. The molecular weight excluding hydrogens is 224 g/mol. The van der Waals surface area contributed by atoms with Crippen LogP contribution in [-0.2, 0) is 4.74 Å². The molecule has 0 aliphatic carbocycles. The Labute approximate surface area is 112 Å². The van der Waals surface area contributed by atoms with Gasteiger partial charge in [-0.1, -0.05) is 13.8 Å².